The van der Waals surface area contributed by atoms with E-state index in [1.165, 1.54) is 24.2 Å². The standard InChI is InChI=1S/C24H26N2O3/c27-22(25-11-3-1-2-4-12-25)14-5-7-15(8-6-14)26-23(28)20-16-9-10-17(19-13-18(16)19)21(20)24(26)29/h5-10,16-21H,1-4,11-13H2/t16-,17-,18-,19+,20+,21+/m0/s1. The summed E-state index contributed by atoms with van der Waals surface area (Å²) < 4.78 is 0. The Kier molecular flexibility index (Phi) is 3.78. The van der Waals surface area contributed by atoms with Gasteiger partial charge in [-0.15, -0.1) is 0 Å². The summed E-state index contributed by atoms with van der Waals surface area (Å²) in [6.45, 7) is 1.62. The van der Waals surface area contributed by atoms with Crippen LogP contribution in [-0.4, -0.2) is 35.7 Å². The lowest BCUT2D eigenvalue weighted by molar-refractivity contribution is -0.124. The van der Waals surface area contributed by atoms with Crippen molar-refractivity contribution in [1.29, 1.82) is 0 Å². The smallest absolute Gasteiger partial charge is 0.253 e. The van der Waals surface area contributed by atoms with Crippen LogP contribution in [0.3, 0.4) is 0 Å². The Morgan fingerprint density at radius 1 is 0.793 bits per heavy atom. The fourth-order valence-electron chi connectivity index (χ4n) is 6.42. The van der Waals surface area contributed by atoms with Crippen molar-refractivity contribution in [2.24, 2.45) is 35.5 Å². The summed E-state index contributed by atoms with van der Waals surface area (Å²) in [5.74, 6) is 1.29. The van der Waals surface area contributed by atoms with Crippen LogP contribution in [0.25, 0.3) is 0 Å². The van der Waals surface area contributed by atoms with Gasteiger partial charge in [-0.05, 0) is 67.2 Å². The van der Waals surface area contributed by atoms with Gasteiger partial charge in [-0.2, -0.15) is 0 Å². The van der Waals surface area contributed by atoms with Crippen LogP contribution in [0.1, 0.15) is 42.5 Å². The van der Waals surface area contributed by atoms with Crippen LogP contribution in [0.4, 0.5) is 5.69 Å². The van der Waals surface area contributed by atoms with Crippen molar-refractivity contribution in [3.05, 3.63) is 42.0 Å². The molecule has 0 unspecified atom stereocenters. The summed E-state index contributed by atoms with van der Waals surface area (Å²) >= 11 is 0. The molecule has 0 spiro atoms. The first-order valence-corrected chi connectivity index (χ1v) is 11.1. The Morgan fingerprint density at radius 3 is 1.90 bits per heavy atom. The number of benzene rings is 1. The molecule has 6 atom stereocenters. The normalized spacial score (nSPS) is 37.4. The number of carbonyl (C=O) groups excluding carboxylic acids is 3. The number of nitrogens with zero attached hydrogens (tertiary/aromatic N) is 2. The number of carbonyl (C=O) groups is 3. The van der Waals surface area contributed by atoms with Crippen LogP contribution >= 0.6 is 0 Å². The highest BCUT2D eigenvalue weighted by Crippen LogP contribution is 2.65. The maximum Gasteiger partial charge on any atom is 0.253 e. The summed E-state index contributed by atoms with van der Waals surface area (Å²) in [7, 11) is 0. The lowest BCUT2D eigenvalue weighted by atomic mass is 9.63. The monoisotopic (exact) mass is 390 g/mol. The highest BCUT2D eigenvalue weighted by Gasteiger charge is 2.67. The van der Waals surface area contributed by atoms with Gasteiger partial charge in [-0.25, -0.2) is 0 Å². The van der Waals surface area contributed by atoms with Gasteiger partial charge in [0.05, 0.1) is 17.5 Å². The summed E-state index contributed by atoms with van der Waals surface area (Å²) in [4.78, 5) is 42.6. The van der Waals surface area contributed by atoms with Crippen molar-refractivity contribution < 1.29 is 14.4 Å². The highest BCUT2D eigenvalue weighted by atomic mass is 16.2. The van der Waals surface area contributed by atoms with Crippen molar-refractivity contribution in [2.75, 3.05) is 18.0 Å². The first kappa shape index (κ1) is 17.4. The molecule has 1 aromatic rings. The van der Waals surface area contributed by atoms with Crippen LogP contribution in [0.5, 0.6) is 0 Å². The van der Waals surface area contributed by atoms with Crippen LogP contribution in [0.2, 0.25) is 0 Å². The van der Waals surface area contributed by atoms with Gasteiger partial charge in [0.2, 0.25) is 11.8 Å². The van der Waals surface area contributed by atoms with Crippen LogP contribution in [0, 0.1) is 35.5 Å². The minimum absolute atomic E-state index is 0.0451. The van der Waals surface area contributed by atoms with E-state index in [2.05, 4.69) is 12.2 Å². The van der Waals surface area contributed by atoms with Crippen molar-refractivity contribution in [3.8, 4) is 0 Å². The van der Waals surface area contributed by atoms with Gasteiger partial charge in [0.25, 0.3) is 5.91 Å². The van der Waals surface area contributed by atoms with E-state index in [0.717, 1.165) is 25.9 Å². The lowest BCUT2D eigenvalue weighted by Crippen LogP contribution is -2.40. The summed E-state index contributed by atoms with van der Waals surface area (Å²) in [5.41, 5.74) is 1.24. The predicted molar refractivity (Wildman–Crippen MR) is 108 cm³/mol. The Morgan fingerprint density at radius 2 is 1.34 bits per heavy atom. The molecule has 7 rings (SSSR count). The van der Waals surface area contributed by atoms with Crippen LogP contribution in [-0.2, 0) is 9.59 Å². The van der Waals surface area contributed by atoms with Crippen molar-refractivity contribution in [2.45, 2.75) is 32.1 Å². The van der Waals surface area contributed by atoms with Gasteiger partial charge in [-0.3, -0.25) is 19.3 Å². The predicted octanol–water partition coefficient (Wildman–Crippen LogP) is 3.26. The minimum atomic E-state index is -0.181. The molecule has 29 heavy (non-hydrogen) atoms. The maximum atomic E-state index is 13.2. The van der Waals surface area contributed by atoms with E-state index in [9.17, 15) is 14.4 Å². The van der Waals surface area contributed by atoms with E-state index in [1.54, 1.807) is 24.3 Å². The van der Waals surface area contributed by atoms with Crippen molar-refractivity contribution >= 4 is 23.4 Å². The number of amides is 3. The first-order chi connectivity index (χ1) is 14.1. The maximum absolute atomic E-state index is 13.2. The molecule has 2 saturated carbocycles. The topological polar surface area (TPSA) is 57.7 Å². The Balaban J connectivity index is 1.24. The summed E-state index contributed by atoms with van der Waals surface area (Å²) in [6, 6.07) is 7.09. The van der Waals surface area contributed by atoms with Crippen LogP contribution in [0.15, 0.2) is 36.4 Å². The third-order valence-electron chi connectivity index (χ3n) is 7.93. The van der Waals surface area contributed by atoms with E-state index >= 15 is 0 Å². The number of hydrogen-bond donors (Lipinski definition) is 0. The Labute approximate surface area is 170 Å². The molecule has 0 aromatic heterocycles. The zero-order valence-electron chi connectivity index (χ0n) is 16.5. The Bertz CT molecular complexity index is 877. The first-order valence-electron chi connectivity index (χ1n) is 11.1. The molecule has 2 bridgehead atoms. The zero-order chi connectivity index (χ0) is 19.7. The molecule has 150 valence electrons. The molecular formula is C24H26N2O3. The summed E-state index contributed by atoms with van der Waals surface area (Å²) in [5, 5.41) is 0. The number of anilines is 1. The molecule has 6 aliphatic rings. The highest BCUT2D eigenvalue weighted by molar-refractivity contribution is 6.22. The quantitative estimate of drug-likeness (QED) is 0.575. The molecule has 4 fully saturated rings. The molecule has 0 radical (unpaired) electrons. The van der Waals surface area contributed by atoms with E-state index in [4.69, 9.17) is 0 Å². The second-order valence-corrected chi connectivity index (χ2v) is 9.42. The largest absolute Gasteiger partial charge is 0.339 e. The molecule has 5 heteroatoms. The third-order valence-corrected chi connectivity index (χ3v) is 7.93. The Hall–Kier alpha value is -2.43. The number of imide groups is 1. The second kappa shape index (κ2) is 6.28. The van der Waals surface area contributed by atoms with E-state index < -0.39 is 0 Å². The van der Waals surface area contributed by atoms with Crippen LogP contribution < -0.4 is 4.90 Å². The molecule has 1 aromatic carbocycles. The lowest BCUT2D eigenvalue weighted by Gasteiger charge is -2.37. The van der Waals surface area contributed by atoms with Gasteiger partial charge in [0.15, 0.2) is 0 Å². The van der Waals surface area contributed by atoms with Gasteiger partial charge in [0, 0.05) is 18.7 Å². The zero-order valence-corrected chi connectivity index (χ0v) is 16.5. The fraction of sp³-hybridized carbons (Fsp3) is 0.542. The minimum Gasteiger partial charge on any atom is -0.339 e. The molecule has 0 N–H and O–H groups in total. The molecule has 2 heterocycles. The van der Waals surface area contributed by atoms with E-state index in [1.807, 2.05) is 4.90 Å². The average molecular weight is 390 g/mol. The van der Waals surface area contributed by atoms with Crippen molar-refractivity contribution in [3.63, 3.8) is 0 Å². The molecule has 2 aliphatic heterocycles. The number of likely N-dealkylation sites (tertiary alicyclic amines) is 1. The number of rotatable bonds is 2. The molecule has 2 saturated heterocycles. The SMILES string of the molecule is O=C(c1ccc(N2C(=O)[C@@H]3[C@H]4C=C[C@@H]([C@@H]5C[C@H]45)[C@H]3C2=O)cc1)N1CCCCCC1. The summed E-state index contributed by atoms with van der Waals surface area (Å²) in [6.07, 6.45) is 10.0. The van der Waals surface area contributed by atoms with Gasteiger partial charge in [0.1, 0.15) is 0 Å². The molecule has 3 amide bonds. The molecule has 5 nitrogen and oxygen atoms in total. The number of hydrogen-bond acceptors (Lipinski definition) is 3. The third kappa shape index (κ3) is 2.49. The molecule has 4 aliphatic carbocycles. The average Bonchev–Trinajstić information content (AvgIpc) is 3.55. The molecular weight excluding hydrogens is 364 g/mol. The second-order valence-electron chi connectivity index (χ2n) is 9.42. The van der Waals surface area contributed by atoms with Gasteiger partial charge >= 0.3 is 0 Å². The van der Waals surface area contributed by atoms with Gasteiger partial charge < -0.3 is 4.90 Å². The number of allylic oxidation sites excluding steroid dienone is 2. The van der Waals surface area contributed by atoms with E-state index in [0.29, 0.717) is 23.1 Å². The fourth-order valence-corrected chi connectivity index (χ4v) is 6.42. The van der Waals surface area contributed by atoms with Gasteiger partial charge in [-0.1, -0.05) is 25.0 Å². The van der Waals surface area contributed by atoms with Crippen molar-refractivity contribution in [1.82, 2.24) is 4.90 Å². The van der Waals surface area contributed by atoms with E-state index in [-0.39, 0.29) is 41.4 Å².